The molecule has 0 radical (unpaired) electrons. The number of amides is 1. The van der Waals surface area contributed by atoms with Crippen LogP contribution in [0.15, 0.2) is 0 Å². The quantitative estimate of drug-likeness (QED) is 0.819. The Hall–Kier alpha value is -1.14. The van der Waals surface area contributed by atoms with Crippen molar-refractivity contribution in [2.24, 2.45) is 17.8 Å². The summed E-state index contributed by atoms with van der Waals surface area (Å²) in [5.74, 6) is -1.61. The van der Waals surface area contributed by atoms with Gasteiger partial charge in [0.15, 0.2) is 0 Å². The van der Waals surface area contributed by atoms with Crippen LogP contribution >= 0.6 is 0 Å². The summed E-state index contributed by atoms with van der Waals surface area (Å²) in [7, 11) is 3.20. The van der Waals surface area contributed by atoms with E-state index < -0.39 is 17.8 Å². The van der Waals surface area contributed by atoms with Crippen molar-refractivity contribution in [3.63, 3.8) is 0 Å². The van der Waals surface area contributed by atoms with Crippen molar-refractivity contribution in [3.05, 3.63) is 0 Å². The highest BCUT2D eigenvalue weighted by atomic mass is 16.5. The minimum atomic E-state index is -0.863. The molecule has 0 aromatic heterocycles. The third kappa shape index (κ3) is 2.81. The Labute approximate surface area is 119 Å². The first kappa shape index (κ1) is 15.3. The molecular weight excluding hydrogens is 262 g/mol. The SMILES string of the molecule is COC1CN(C(=O)[C@H]2CC(C)C[C@H]2C(=O)O)CC1OC. The van der Waals surface area contributed by atoms with Crippen LogP contribution in [0.1, 0.15) is 19.8 Å². The molecule has 20 heavy (non-hydrogen) atoms. The zero-order chi connectivity index (χ0) is 14.9. The largest absolute Gasteiger partial charge is 0.481 e. The molecule has 1 amide bonds. The van der Waals surface area contributed by atoms with Gasteiger partial charge >= 0.3 is 5.97 Å². The number of ether oxygens (including phenoxy) is 2. The maximum atomic E-state index is 12.6. The molecule has 1 heterocycles. The molecule has 1 N–H and O–H groups in total. The van der Waals surface area contributed by atoms with Crippen LogP contribution in [0.3, 0.4) is 0 Å². The highest BCUT2D eigenvalue weighted by molar-refractivity contribution is 5.85. The van der Waals surface area contributed by atoms with Crippen molar-refractivity contribution in [3.8, 4) is 0 Å². The van der Waals surface area contributed by atoms with Gasteiger partial charge in [-0.1, -0.05) is 6.92 Å². The van der Waals surface area contributed by atoms with Crippen molar-refractivity contribution >= 4 is 11.9 Å². The second-order valence-electron chi connectivity index (χ2n) is 5.92. The number of carboxylic acid groups (broad SMARTS) is 1. The van der Waals surface area contributed by atoms with Crippen LogP contribution in [0.25, 0.3) is 0 Å². The van der Waals surface area contributed by atoms with Crippen LogP contribution in [-0.2, 0) is 19.1 Å². The number of hydrogen-bond acceptors (Lipinski definition) is 4. The highest BCUT2D eigenvalue weighted by Gasteiger charge is 2.45. The van der Waals surface area contributed by atoms with E-state index in [1.807, 2.05) is 6.92 Å². The van der Waals surface area contributed by atoms with E-state index in [0.717, 1.165) is 0 Å². The number of carboxylic acids is 1. The second kappa shape index (κ2) is 6.10. The van der Waals surface area contributed by atoms with Crippen LogP contribution in [0.5, 0.6) is 0 Å². The summed E-state index contributed by atoms with van der Waals surface area (Å²) in [6.45, 7) is 2.96. The summed E-state index contributed by atoms with van der Waals surface area (Å²) in [6.07, 6.45) is 0.972. The molecule has 0 spiro atoms. The Morgan fingerprint density at radius 1 is 1.05 bits per heavy atom. The average molecular weight is 285 g/mol. The Bertz CT molecular complexity index is 374. The lowest BCUT2D eigenvalue weighted by molar-refractivity contribution is -0.148. The van der Waals surface area contributed by atoms with Crippen molar-refractivity contribution in [2.45, 2.75) is 32.0 Å². The molecule has 3 unspecified atom stereocenters. The van der Waals surface area contributed by atoms with Crippen molar-refractivity contribution in [1.29, 1.82) is 0 Å². The van der Waals surface area contributed by atoms with Crippen LogP contribution in [-0.4, -0.2) is 61.4 Å². The molecule has 1 aliphatic heterocycles. The topological polar surface area (TPSA) is 76.1 Å². The summed E-state index contributed by atoms with van der Waals surface area (Å²) in [5.41, 5.74) is 0. The number of nitrogens with zero attached hydrogens (tertiary/aromatic N) is 1. The number of rotatable bonds is 4. The number of aliphatic carboxylic acids is 1. The second-order valence-corrected chi connectivity index (χ2v) is 5.92. The van der Waals surface area contributed by atoms with Crippen LogP contribution < -0.4 is 0 Å². The number of likely N-dealkylation sites (tertiary alicyclic amines) is 1. The molecule has 1 saturated carbocycles. The first-order chi connectivity index (χ1) is 9.47. The molecule has 2 aliphatic rings. The van der Waals surface area contributed by atoms with Gasteiger partial charge in [0.2, 0.25) is 5.91 Å². The van der Waals surface area contributed by atoms with E-state index in [4.69, 9.17) is 9.47 Å². The number of carbonyl (C=O) groups is 2. The molecule has 2 rings (SSSR count). The van der Waals surface area contributed by atoms with E-state index in [2.05, 4.69) is 0 Å². The van der Waals surface area contributed by atoms with Crippen LogP contribution in [0, 0.1) is 17.8 Å². The van der Waals surface area contributed by atoms with Gasteiger partial charge in [0.25, 0.3) is 0 Å². The molecule has 6 heteroatoms. The van der Waals surface area contributed by atoms with Gasteiger partial charge in [-0.15, -0.1) is 0 Å². The van der Waals surface area contributed by atoms with E-state index >= 15 is 0 Å². The lowest BCUT2D eigenvalue weighted by atomic mass is 9.95. The van der Waals surface area contributed by atoms with Gasteiger partial charge in [-0.05, 0) is 18.8 Å². The van der Waals surface area contributed by atoms with E-state index in [0.29, 0.717) is 25.9 Å². The van der Waals surface area contributed by atoms with Crippen molar-refractivity contribution < 1.29 is 24.2 Å². The third-order valence-electron chi connectivity index (χ3n) is 4.57. The summed E-state index contributed by atoms with van der Waals surface area (Å²) < 4.78 is 10.6. The van der Waals surface area contributed by atoms with Gasteiger partial charge in [-0.2, -0.15) is 0 Å². The Balaban J connectivity index is 2.06. The molecule has 0 aromatic rings. The fraction of sp³-hybridized carbons (Fsp3) is 0.857. The minimum absolute atomic E-state index is 0.0663. The van der Waals surface area contributed by atoms with Gasteiger partial charge in [-0.3, -0.25) is 9.59 Å². The number of carbonyl (C=O) groups excluding carboxylic acids is 1. The van der Waals surface area contributed by atoms with Crippen molar-refractivity contribution in [2.75, 3.05) is 27.3 Å². The number of methoxy groups -OCH3 is 2. The van der Waals surface area contributed by atoms with E-state index in [9.17, 15) is 14.7 Å². The molecule has 5 atom stereocenters. The van der Waals surface area contributed by atoms with Gasteiger partial charge in [-0.25, -0.2) is 0 Å². The predicted octanol–water partition coefficient (Wildman–Crippen LogP) is 0.606. The fourth-order valence-corrected chi connectivity index (χ4v) is 3.45. The van der Waals surface area contributed by atoms with Gasteiger partial charge in [0.05, 0.1) is 11.8 Å². The van der Waals surface area contributed by atoms with E-state index in [1.54, 1.807) is 19.1 Å². The van der Waals surface area contributed by atoms with Gasteiger partial charge in [0, 0.05) is 27.3 Å². The molecule has 0 aromatic carbocycles. The van der Waals surface area contributed by atoms with E-state index in [-0.39, 0.29) is 24.0 Å². The number of hydrogen-bond donors (Lipinski definition) is 1. The van der Waals surface area contributed by atoms with Crippen LogP contribution in [0.2, 0.25) is 0 Å². The zero-order valence-electron chi connectivity index (χ0n) is 12.2. The minimum Gasteiger partial charge on any atom is -0.481 e. The normalized spacial score (nSPS) is 37.4. The molecule has 1 saturated heterocycles. The molecule has 0 bridgehead atoms. The standard InChI is InChI=1S/C14H23NO5/c1-8-4-9(10(5-8)14(17)18)13(16)15-6-11(19-2)12(7-15)20-3/h8-12H,4-7H2,1-3H3,(H,17,18)/t8?,9-,10+,11?,12?/m0/s1. The maximum Gasteiger partial charge on any atom is 0.307 e. The summed E-state index contributed by atoms with van der Waals surface area (Å²) in [5, 5.41) is 9.27. The maximum absolute atomic E-state index is 12.6. The molecule has 114 valence electrons. The molecule has 1 aliphatic carbocycles. The lowest BCUT2D eigenvalue weighted by Gasteiger charge is -2.22. The summed E-state index contributed by atoms with van der Waals surface area (Å²) >= 11 is 0. The Kier molecular flexibility index (Phi) is 4.65. The van der Waals surface area contributed by atoms with Gasteiger partial charge in [0.1, 0.15) is 12.2 Å². The summed E-state index contributed by atoms with van der Waals surface area (Å²) in [4.78, 5) is 25.6. The Morgan fingerprint density at radius 3 is 2.00 bits per heavy atom. The average Bonchev–Trinajstić information content (AvgIpc) is 3.00. The smallest absolute Gasteiger partial charge is 0.307 e. The summed E-state index contributed by atoms with van der Waals surface area (Å²) in [6, 6.07) is 0. The highest BCUT2D eigenvalue weighted by Crippen LogP contribution is 2.38. The first-order valence-corrected chi connectivity index (χ1v) is 7.05. The monoisotopic (exact) mass is 285 g/mol. The van der Waals surface area contributed by atoms with E-state index in [1.165, 1.54) is 0 Å². The predicted molar refractivity (Wildman–Crippen MR) is 71.2 cm³/mol. The van der Waals surface area contributed by atoms with Gasteiger partial charge < -0.3 is 19.5 Å². The lowest BCUT2D eigenvalue weighted by Crippen LogP contribution is -2.38. The van der Waals surface area contributed by atoms with Crippen LogP contribution in [0.4, 0.5) is 0 Å². The van der Waals surface area contributed by atoms with Crippen molar-refractivity contribution in [1.82, 2.24) is 4.90 Å². The molecule has 6 nitrogen and oxygen atoms in total. The molecule has 2 fully saturated rings. The molecular formula is C14H23NO5. The zero-order valence-corrected chi connectivity index (χ0v) is 12.2. The fourth-order valence-electron chi connectivity index (χ4n) is 3.45. The Morgan fingerprint density at radius 2 is 1.55 bits per heavy atom. The first-order valence-electron chi connectivity index (χ1n) is 7.05. The third-order valence-corrected chi connectivity index (χ3v) is 4.57.